The van der Waals surface area contributed by atoms with E-state index >= 15 is 0 Å². The Morgan fingerprint density at radius 2 is 1.74 bits per heavy atom. The number of benzene rings is 3. The molecule has 1 aromatic heterocycles. The van der Waals surface area contributed by atoms with E-state index in [2.05, 4.69) is 76.3 Å². The molecule has 0 radical (unpaired) electrons. The summed E-state index contributed by atoms with van der Waals surface area (Å²) in [5.41, 5.74) is 6.16. The smallest absolute Gasteiger partial charge is 0.162 e. The van der Waals surface area contributed by atoms with Crippen molar-refractivity contribution in [2.24, 2.45) is 0 Å². The zero-order valence-electron chi connectivity index (χ0n) is 23.2. The van der Waals surface area contributed by atoms with Gasteiger partial charge in [-0.1, -0.05) is 48.0 Å². The third kappa shape index (κ3) is 6.41. The quantitative estimate of drug-likeness (QED) is 0.270. The number of carbonyl (C=O) groups is 1. The van der Waals surface area contributed by atoms with Gasteiger partial charge in [0, 0.05) is 41.5 Å². The van der Waals surface area contributed by atoms with Gasteiger partial charge in [0.05, 0.1) is 5.52 Å². The summed E-state index contributed by atoms with van der Waals surface area (Å²) in [4.78, 5) is 15.1. The second-order valence-electron chi connectivity index (χ2n) is 10.8. The van der Waals surface area contributed by atoms with E-state index in [1.807, 2.05) is 25.1 Å². The highest BCUT2D eigenvalue weighted by Crippen LogP contribution is 2.32. The second-order valence-corrected chi connectivity index (χ2v) is 10.8. The van der Waals surface area contributed by atoms with E-state index in [1.165, 1.54) is 11.1 Å². The maximum Gasteiger partial charge on any atom is 0.162 e. The minimum absolute atomic E-state index is 0.0274. The molecule has 5 rings (SSSR count). The summed E-state index contributed by atoms with van der Waals surface area (Å²) < 4.78 is 8.11. The number of nitrogens with zero attached hydrogens (tertiary/aromatic N) is 2. The highest BCUT2D eigenvalue weighted by Gasteiger charge is 2.21. The van der Waals surface area contributed by atoms with Crippen molar-refractivity contribution in [3.8, 4) is 11.4 Å². The number of fused-ring (bicyclic) bond motifs is 1. The van der Waals surface area contributed by atoms with Gasteiger partial charge in [0.15, 0.2) is 5.78 Å². The predicted molar refractivity (Wildman–Crippen MR) is 157 cm³/mol. The molecule has 0 unspecified atom stereocenters. The summed E-state index contributed by atoms with van der Waals surface area (Å²) in [5, 5.41) is 15.0. The fourth-order valence-electron chi connectivity index (χ4n) is 5.65. The standard InChI is InChI=1S/C33H39N3O3/c1-23-9-11-28(12-10-23)36-24(2)33(25(3)37)31-19-30(13-14-32(31)36)39-22-29(38)20-34-27-15-17-35(18-16-27)21-26-7-5-4-6-8-26/h4-14,19,27,29,34,38H,15-18,20-22H2,1-3H3/t29-/m1/s1. The van der Waals surface area contributed by atoms with Crippen LogP contribution in [-0.2, 0) is 6.54 Å². The number of aromatic nitrogens is 1. The van der Waals surface area contributed by atoms with E-state index in [0.29, 0.717) is 23.9 Å². The first-order valence-corrected chi connectivity index (χ1v) is 13.9. The van der Waals surface area contributed by atoms with Gasteiger partial charge in [-0.3, -0.25) is 9.69 Å². The second kappa shape index (κ2) is 12.2. The van der Waals surface area contributed by atoms with Crippen LogP contribution in [-0.4, -0.2) is 58.7 Å². The van der Waals surface area contributed by atoms with Crippen molar-refractivity contribution in [2.45, 2.75) is 52.3 Å². The van der Waals surface area contributed by atoms with Crippen LogP contribution in [0.2, 0.25) is 0 Å². The SMILES string of the molecule is CC(=O)c1c(C)n(-c2ccc(C)cc2)c2ccc(OC[C@H](O)CNC3CCN(Cc4ccccc4)CC3)cc12. The van der Waals surface area contributed by atoms with Crippen LogP contribution in [0.4, 0.5) is 0 Å². The normalized spacial score (nSPS) is 15.5. The molecular formula is C33H39N3O3. The fourth-order valence-corrected chi connectivity index (χ4v) is 5.65. The monoisotopic (exact) mass is 525 g/mol. The number of ether oxygens (including phenoxy) is 1. The Hall–Kier alpha value is -3.45. The van der Waals surface area contributed by atoms with Crippen LogP contribution in [0.25, 0.3) is 16.6 Å². The number of aliphatic hydroxyl groups excluding tert-OH is 1. The average molecular weight is 526 g/mol. The Bertz CT molecular complexity index is 1400. The first-order chi connectivity index (χ1) is 18.9. The molecule has 0 bridgehead atoms. The minimum Gasteiger partial charge on any atom is -0.491 e. The topological polar surface area (TPSA) is 66.7 Å². The number of hydrogen-bond donors (Lipinski definition) is 2. The molecule has 39 heavy (non-hydrogen) atoms. The zero-order chi connectivity index (χ0) is 27.4. The third-order valence-corrected chi connectivity index (χ3v) is 7.74. The average Bonchev–Trinajstić information content (AvgIpc) is 3.23. The van der Waals surface area contributed by atoms with E-state index in [-0.39, 0.29) is 12.4 Å². The fraction of sp³-hybridized carbons (Fsp3) is 0.364. The molecule has 204 valence electrons. The van der Waals surface area contributed by atoms with Gasteiger partial charge in [-0.05, 0) is 82.6 Å². The number of hydrogen-bond acceptors (Lipinski definition) is 5. The van der Waals surface area contributed by atoms with Gasteiger partial charge < -0.3 is 19.7 Å². The number of Topliss-reactive ketones (excluding diaryl/α,β-unsaturated/α-hetero) is 1. The number of likely N-dealkylation sites (tertiary alicyclic amines) is 1. The first-order valence-electron chi connectivity index (χ1n) is 13.9. The molecule has 1 atom stereocenters. The number of piperidine rings is 1. The molecule has 1 aliphatic rings. The van der Waals surface area contributed by atoms with Gasteiger partial charge >= 0.3 is 0 Å². The van der Waals surface area contributed by atoms with Crippen LogP contribution in [0.3, 0.4) is 0 Å². The van der Waals surface area contributed by atoms with Crippen molar-refractivity contribution in [2.75, 3.05) is 26.2 Å². The van der Waals surface area contributed by atoms with Crippen molar-refractivity contribution >= 4 is 16.7 Å². The maximum absolute atomic E-state index is 12.6. The number of aliphatic hydroxyl groups is 1. The number of rotatable bonds is 10. The Morgan fingerprint density at radius 3 is 2.44 bits per heavy atom. The molecule has 1 fully saturated rings. The maximum atomic E-state index is 12.6. The van der Waals surface area contributed by atoms with Crippen molar-refractivity contribution < 1.29 is 14.6 Å². The third-order valence-electron chi connectivity index (χ3n) is 7.74. The van der Waals surface area contributed by atoms with Crippen LogP contribution in [0.1, 0.15) is 46.9 Å². The Morgan fingerprint density at radius 1 is 1.03 bits per heavy atom. The highest BCUT2D eigenvalue weighted by atomic mass is 16.5. The molecule has 2 N–H and O–H groups in total. The Kier molecular flexibility index (Phi) is 8.46. The van der Waals surface area contributed by atoms with E-state index in [0.717, 1.165) is 54.8 Å². The summed E-state index contributed by atoms with van der Waals surface area (Å²) in [7, 11) is 0. The summed E-state index contributed by atoms with van der Waals surface area (Å²) in [6.45, 7) is 9.45. The predicted octanol–water partition coefficient (Wildman–Crippen LogP) is 5.44. The van der Waals surface area contributed by atoms with Gasteiger partial charge in [0.25, 0.3) is 0 Å². The number of ketones is 1. The molecule has 0 spiro atoms. The molecule has 0 aliphatic carbocycles. The lowest BCUT2D eigenvalue weighted by Crippen LogP contribution is -2.45. The highest BCUT2D eigenvalue weighted by molar-refractivity contribution is 6.09. The molecule has 0 amide bonds. The summed E-state index contributed by atoms with van der Waals surface area (Å²) in [6.07, 6.45) is 1.53. The molecule has 2 heterocycles. The molecule has 1 aliphatic heterocycles. The molecule has 0 saturated carbocycles. The van der Waals surface area contributed by atoms with E-state index in [9.17, 15) is 9.90 Å². The van der Waals surface area contributed by atoms with Crippen LogP contribution in [0.5, 0.6) is 5.75 Å². The number of carbonyl (C=O) groups excluding carboxylic acids is 1. The zero-order valence-corrected chi connectivity index (χ0v) is 23.2. The summed E-state index contributed by atoms with van der Waals surface area (Å²) >= 11 is 0. The summed E-state index contributed by atoms with van der Waals surface area (Å²) in [5.74, 6) is 0.680. The van der Waals surface area contributed by atoms with E-state index < -0.39 is 6.10 Å². The molecule has 1 saturated heterocycles. The van der Waals surface area contributed by atoms with Crippen molar-refractivity contribution in [3.63, 3.8) is 0 Å². The van der Waals surface area contributed by atoms with Crippen LogP contribution < -0.4 is 10.1 Å². The minimum atomic E-state index is -0.616. The van der Waals surface area contributed by atoms with Crippen molar-refractivity contribution in [1.82, 2.24) is 14.8 Å². The van der Waals surface area contributed by atoms with Gasteiger partial charge in [-0.25, -0.2) is 0 Å². The van der Waals surface area contributed by atoms with E-state index in [4.69, 9.17) is 4.74 Å². The molecular weight excluding hydrogens is 486 g/mol. The Labute approximate surface area is 231 Å². The lowest BCUT2D eigenvalue weighted by Gasteiger charge is -2.33. The lowest BCUT2D eigenvalue weighted by atomic mass is 10.0. The van der Waals surface area contributed by atoms with Gasteiger partial charge in [-0.2, -0.15) is 0 Å². The van der Waals surface area contributed by atoms with Crippen molar-refractivity contribution in [1.29, 1.82) is 0 Å². The van der Waals surface area contributed by atoms with Gasteiger partial charge in [-0.15, -0.1) is 0 Å². The van der Waals surface area contributed by atoms with Gasteiger partial charge in [0.2, 0.25) is 0 Å². The molecule has 3 aromatic carbocycles. The summed E-state index contributed by atoms with van der Waals surface area (Å²) in [6, 6.07) is 25.2. The Balaban J connectivity index is 1.16. The first kappa shape index (κ1) is 27.1. The lowest BCUT2D eigenvalue weighted by molar-refractivity contribution is 0.0979. The van der Waals surface area contributed by atoms with Crippen LogP contribution in [0, 0.1) is 13.8 Å². The molecule has 4 aromatic rings. The largest absolute Gasteiger partial charge is 0.491 e. The van der Waals surface area contributed by atoms with Crippen LogP contribution in [0.15, 0.2) is 72.8 Å². The van der Waals surface area contributed by atoms with Crippen molar-refractivity contribution in [3.05, 3.63) is 95.2 Å². The van der Waals surface area contributed by atoms with Crippen LogP contribution >= 0.6 is 0 Å². The van der Waals surface area contributed by atoms with E-state index in [1.54, 1.807) is 6.92 Å². The molecule has 6 nitrogen and oxygen atoms in total. The number of aryl methyl sites for hydroxylation is 1. The molecule has 6 heteroatoms. The number of nitrogens with one attached hydrogen (secondary N) is 1. The van der Waals surface area contributed by atoms with Gasteiger partial charge in [0.1, 0.15) is 18.5 Å².